The molecule has 1 fully saturated rings. The van der Waals surface area contributed by atoms with Gasteiger partial charge in [0.2, 0.25) is 0 Å². The van der Waals surface area contributed by atoms with Crippen LogP contribution in [0, 0.1) is 0 Å². The monoisotopic (exact) mass is 283 g/mol. The van der Waals surface area contributed by atoms with E-state index in [-0.39, 0.29) is 0 Å². The average molecular weight is 284 g/mol. The summed E-state index contributed by atoms with van der Waals surface area (Å²) in [6.45, 7) is 3.07. The first kappa shape index (κ1) is 12.0. The summed E-state index contributed by atoms with van der Waals surface area (Å²) < 4.78 is 1.04. The number of likely N-dealkylation sites (N-methyl/N-ethyl adjacent to an activating group) is 1. The lowest BCUT2D eigenvalue weighted by Crippen LogP contribution is -2.30. The lowest BCUT2D eigenvalue weighted by molar-refractivity contribution is 0.321. The highest BCUT2D eigenvalue weighted by atomic mass is 79.9. The molecule has 1 saturated carbocycles. The summed E-state index contributed by atoms with van der Waals surface area (Å²) >= 11 is 3.42. The van der Waals surface area contributed by atoms with Gasteiger partial charge in [-0.1, -0.05) is 0 Å². The zero-order valence-electron chi connectivity index (χ0n) is 9.62. The van der Waals surface area contributed by atoms with Crippen LogP contribution in [-0.2, 0) is 6.54 Å². The van der Waals surface area contributed by atoms with Gasteiger partial charge in [0.15, 0.2) is 0 Å². The molecule has 0 bridgehead atoms. The predicted molar refractivity (Wildman–Crippen MR) is 69.3 cm³/mol. The van der Waals surface area contributed by atoms with Crippen LogP contribution in [0.4, 0.5) is 0 Å². The van der Waals surface area contributed by atoms with Crippen molar-refractivity contribution >= 4 is 15.9 Å². The van der Waals surface area contributed by atoms with Gasteiger partial charge in [0.1, 0.15) is 0 Å². The number of pyridine rings is 1. The third kappa shape index (κ3) is 3.85. The zero-order chi connectivity index (χ0) is 11.4. The van der Waals surface area contributed by atoms with E-state index in [0.29, 0.717) is 0 Å². The van der Waals surface area contributed by atoms with Gasteiger partial charge in [-0.15, -0.1) is 0 Å². The van der Waals surface area contributed by atoms with Crippen LogP contribution in [0.25, 0.3) is 0 Å². The quantitative estimate of drug-likeness (QED) is 0.810. The van der Waals surface area contributed by atoms with Crippen LogP contribution < -0.4 is 5.32 Å². The van der Waals surface area contributed by atoms with Crippen molar-refractivity contribution in [3.05, 3.63) is 28.5 Å². The highest BCUT2D eigenvalue weighted by molar-refractivity contribution is 9.10. The van der Waals surface area contributed by atoms with Crippen LogP contribution in [0.5, 0.6) is 0 Å². The summed E-state index contributed by atoms with van der Waals surface area (Å²) in [7, 11) is 2.21. The number of rotatable bonds is 6. The lowest BCUT2D eigenvalue weighted by Gasteiger charge is -2.15. The van der Waals surface area contributed by atoms with Crippen molar-refractivity contribution in [1.29, 1.82) is 0 Å². The van der Waals surface area contributed by atoms with E-state index in [9.17, 15) is 0 Å². The van der Waals surface area contributed by atoms with Gasteiger partial charge in [-0.25, -0.2) is 0 Å². The number of halogens is 1. The molecule has 88 valence electrons. The summed E-state index contributed by atoms with van der Waals surface area (Å²) in [5.41, 5.74) is 1.23. The maximum absolute atomic E-state index is 4.14. The molecule has 0 aliphatic heterocycles. The van der Waals surface area contributed by atoms with E-state index in [1.807, 2.05) is 12.4 Å². The van der Waals surface area contributed by atoms with E-state index in [2.05, 4.69) is 44.2 Å². The number of aromatic nitrogens is 1. The van der Waals surface area contributed by atoms with Gasteiger partial charge in [-0.2, -0.15) is 0 Å². The summed E-state index contributed by atoms with van der Waals surface area (Å²) in [5, 5.41) is 3.44. The SMILES string of the molecule is CN(CCNCc1cncc(Br)c1)C1CC1. The third-order valence-electron chi connectivity index (χ3n) is 2.90. The van der Waals surface area contributed by atoms with Crippen molar-refractivity contribution in [2.75, 3.05) is 20.1 Å². The molecule has 1 N–H and O–H groups in total. The Hall–Kier alpha value is -0.450. The molecule has 1 aliphatic carbocycles. The smallest absolute Gasteiger partial charge is 0.0410 e. The molecule has 1 aromatic heterocycles. The van der Waals surface area contributed by atoms with Crippen LogP contribution in [0.15, 0.2) is 22.9 Å². The summed E-state index contributed by atoms with van der Waals surface area (Å²) in [5.74, 6) is 0. The number of hydrogen-bond acceptors (Lipinski definition) is 3. The molecule has 0 radical (unpaired) electrons. The molecular weight excluding hydrogens is 266 g/mol. The normalized spacial score (nSPS) is 15.7. The topological polar surface area (TPSA) is 28.2 Å². The molecule has 4 heteroatoms. The Morgan fingerprint density at radius 3 is 3.00 bits per heavy atom. The minimum atomic E-state index is 0.856. The molecule has 16 heavy (non-hydrogen) atoms. The van der Waals surface area contributed by atoms with Crippen LogP contribution in [0.3, 0.4) is 0 Å². The first-order valence-electron chi connectivity index (χ1n) is 5.76. The number of hydrogen-bond donors (Lipinski definition) is 1. The fraction of sp³-hybridized carbons (Fsp3) is 0.583. The Morgan fingerprint density at radius 2 is 2.31 bits per heavy atom. The maximum atomic E-state index is 4.14. The molecule has 0 amide bonds. The molecule has 2 rings (SSSR count). The first-order chi connectivity index (χ1) is 7.75. The fourth-order valence-electron chi connectivity index (χ4n) is 1.74. The maximum Gasteiger partial charge on any atom is 0.0410 e. The average Bonchev–Trinajstić information content (AvgIpc) is 3.08. The molecule has 0 saturated heterocycles. The summed E-state index contributed by atoms with van der Waals surface area (Å²) in [6.07, 6.45) is 6.48. The highest BCUT2D eigenvalue weighted by Gasteiger charge is 2.25. The Labute approximate surface area is 105 Å². The third-order valence-corrected chi connectivity index (χ3v) is 3.34. The van der Waals surface area contributed by atoms with Gasteiger partial charge in [0.25, 0.3) is 0 Å². The molecule has 1 heterocycles. The second-order valence-corrected chi connectivity index (χ2v) is 5.32. The largest absolute Gasteiger partial charge is 0.311 e. The van der Waals surface area contributed by atoms with Gasteiger partial charge >= 0.3 is 0 Å². The van der Waals surface area contributed by atoms with Gasteiger partial charge < -0.3 is 10.2 Å². The molecule has 3 nitrogen and oxygen atoms in total. The van der Waals surface area contributed by atoms with Gasteiger partial charge in [0, 0.05) is 42.5 Å². The Bertz CT molecular complexity index is 339. The van der Waals surface area contributed by atoms with E-state index in [4.69, 9.17) is 0 Å². The summed E-state index contributed by atoms with van der Waals surface area (Å²) in [4.78, 5) is 6.58. The van der Waals surface area contributed by atoms with E-state index >= 15 is 0 Å². The zero-order valence-corrected chi connectivity index (χ0v) is 11.2. The predicted octanol–water partition coefficient (Wildman–Crippen LogP) is 2.03. The first-order valence-corrected chi connectivity index (χ1v) is 6.55. The minimum absolute atomic E-state index is 0.856. The molecule has 1 aliphatic rings. The molecular formula is C12H18BrN3. The standard InChI is InChI=1S/C12H18BrN3/c1-16(12-2-3-12)5-4-14-7-10-6-11(13)9-15-8-10/h6,8-9,12,14H,2-5,7H2,1H3. The van der Waals surface area contributed by atoms with Gasteiger partial charge in [0.05, 0.1) is 0 Å². The molecule has 0 spiro atoms. The number of nitrogens with one attached hydrogen (secondary N) is 1. The highest BCUT2D eigenvalue weighted by Crippen LogP contribution is 2.24. The number of nitrogens with zero attached hydrogens (tertiary/aromatic N) is 2. The van der Waals surface area contributed by atoms with Crippen molar-refractivity contribution in [2.24, 2.45) is 0 Å². The minimum Gasteiger partial charge on any atom is -0.311 e. The van der Waals surface area contributed by atoms with Crippen molar-refractivity contribution in [1.82, 2.24) is 15.2 Å². The van der Waals surface area contributed by atoms with E-state index in [1.54, 1.807) is 0 Å². The van der Waals surface area contributed by atoms with Crippen molar-refractivity contribution < 1.29 is 0 Å². The van der Waals surface area contributed by atoms with Gasteiger partial charge in [-0.3, -0.25) is 4.98 Å². The second kappa shape index (κ2) is 5.75. The fourth-order valence-corrected chi connectivity index (χ4v) is 2.15. The Kier molecular flexibility index (Phi) is 4.32. The Morgan fingerprint density at radius 1 is 1.50 bits per heavy atom. The van der Waals surface area contributed by atoms with Crippen molar-refractivity contribution in [3.63, 3.8) is 0 Å². The molecule has 0 unspecified atom stereocenters. The van der Waals surface area contributed by atoms with Crippen LogP contribution in [0.2, 0.25) is 0 Å². The van der Waals surface area contributed by atoms with Crippen LogP contribution in [-0.4, -0.2) is 36.1 Å². The molecule has 0 aromatic carbocycles. The summed E-state index contributed by atoms with van der Waals surface area (Å²) in [6, 6.07) is 2.96. The van der Waals surface area contributed by atoms with E-state index in [1.165, 1.54) is 18.4 Å². The molecule has 1 aromatic rings. The van der Waals surface area contributed by atoms with Crippen LogP contribution in [0.1, 0.15) is 18.4 Å². The van der Waals surface area contributed by atoms with E-state index in [0.717, 1.165) is 30.1 Å². The molecule has 0 atom stereocenters. The van der Waals surface area contributed by atoms with Crippen molar-refractivity contribution in [3.8, 4) is 0 Å². The van der Waals surface area contributed by atoms with Crippen molar-refractivity contribution in [2.45, 2.75) is 25.4 Å². The lowest BCUT2D eigenvalue weighted by atomic mass is 10.3. The van der Waals surface area contributed by atoms with Crippen LogP contribution >= 0.6 is 15.9 Å². The van der Waals surface area contributed by atoms with Gasteiger partial charge in [-0.05, 0) is 47.4 Å². The Balaban J connectivity index is 1.63. The second-order valence-electron chi connectivity index (χ2n) is 4.40. The van der Waals surface area contributed by atoms with E-state index < -0.39 is 0 Å².